The molecular formula is C32H39NO4. The lowest BCUT2D eigenvalue weighted by Crippen LogP contribution is -2.82. The van der Waals surface area contributed by atoms with Crippen LogP contribution >= 0.6 is 0 Å². The van der Waals surface area contributed by atoms with Crippen LogP contribution in [0.15, 0.2) is 36.4 Å². The Balaban J connectivity index is 1.34. The molecule has 4 bridgehead atoms. The molecule has 37 heavy (non-hydrogen) atoms. The highest BCUT2D eigenvalue weighted by Gasteiger charge is 2.82. The molecule has 0 radical (unpaired) electrons. The number of hydrogen-bond acceptors (Lipinski definition) is 5. The second-order valence-corrected chi connectivity index (χ2v) is 13.4. The maximum atomic E-state index is 12.4. The third-order valence-corrected chi connectivity index (χ3v) is 12.0. The highest BCUT2D eigenvalue weighted by Crippen LogP contribution is 2.78. The largest absolute Gasteiger partial charge is 0.504 e. The van der Waals surface area contributed by atoms with E-state index in [1.807, 2.05) is 20.1 Å². The number of rotatable bonds is 5. The number of nitrogens with zero attached hydrogens (tertiary/aromatic N) is 1. The summed E-state index contributed by atoms with van der Waals surface area (Å²) in [4.78, 5) is 2.82. The fraction of sp³-hybridized carbons (Fsp3) is 0.625. The van der Waals surface area contributed by atoms with E-state index < -0.39 is 11.2 Å². The minimum atomic E-state index is -1.06. The number of benzene rings is 2. The molecule has 1 saturated heterocycles. The lowest BCUT2D eigenvalue weighted by atomic mass is 9.33. The molecule has 5 nitrogen and oxygen atoms in total. The van der Waals surface area contributed by atoms with Crippen molar-refractivity contribution in [2.24, 2.45) is 17.3 Å². The van der Waals surface area contributed by atoms with Crippen LogP contribution in [0.3, 0.4) is 0 Å². The van der Waals surface area contributed by atoms with Gasteiger partial charge in [0.25, 0.3) is 0 Å². The van der Waals surface area contributed by atoms with Crippen molar-refractivity contribution in [2.75, 3.05) is 20.2 Å². The number of likely N-dealkylation sites (tertiary alicyclic amines) is 1. The predicted octanol–water partition coefficient (Wildman–Crippen LogP) is 4.83. The van der Waals surface area contributed by atoms with E-state index in [0.29, 0.717) is 11.8 Å². The molecule has 0 aromatic heterocycles. The third-order valence-electron chi connectivity index (χ3n) is 12.0. The van der Waals surface area contributed by atoms with Crippen molar-refractivity contribution >= 4 is 0 Å². The normalized spacial score (nSPS) is 40.7. The Morgan fingerprint density at radius 1 is 1.11 bits per heavy atom. The van der Waals surface area contributed by atoms with E-state index in [1.165, 1.54) is 36.1 Å². The van der Waals surface area contributed by atoms with Gasteiger partial charge in [0.2, 0.25) is 0 Å². The van der Waals surface area contributed by atoms with Crippen LogP contribution in [0.2, 0.25) is 0 Å². The third kappa shape index (κ3) is 2.57. The summed E-state index contributed by atoms with van der Waals surface area (Å²) in [6.07, 6.45) is 7.44. The molecule has 5 heteroatoms. The van der Waals surface area contributed by atoms with Gasteiger partial charge in [0, 0.05) is 42.0 Å². The molecule has 2 heterocycles. The first kappa shape index (κ1) is 22.9. The summed E-state index contributed by atoms with van der Waals surface area (Å²) in [6.45, 7) is 6.36. The van der Waals surface area contributed by atoms with Crippen LogP contribution in [-0.4, -0.2) is 53.1 Å². The number of piperidine rings is 1. The number of ether oxygens (including phenoxy) is 2. The monoisotopic (exact) mass is 501 g/mol. The maximum absolute atomic E-state index is 12.4. The number of aromatic hydroxyl groups is 1. The zero-order valence-electron chi connectivity index (χ0n) is 22.3. The van der Waals surface area contributed by atoms with Crippen LogP contribution in [0.4, 0.5) is 0 Å². The van der Waals surface area contributed by atoms with E-state index in [-0.39, 0.29) is 28.6 Å². The van der Waals surface area contributed by atoms with Crippen molar-refractivity contribution in [3.05, 3.63) is 58.7 Å². The molecule has 4 saturated carbocycles. The lowest BCUT2D eigenvalue weighted by molar-refractivity contribution is -0.304. The van der Waals surface area contributed by atoms with E-state index in [1.54, 1.807) is 0 Å². The van der Waals surface area contributed by atoms with Crippen LogP contribution in [0.25, 0.3) is 0 Å². The summed E-state index contributed by atoms with van der Waals surface area (Å²) in [5.41, 5.74) is 2.91. The number of phenols is 1. The first-order valence-corrected chi connectivity index (χ1v) is 14.4. The van der Waals surface area contributed by atoms with Gasteiger partial charge < -0.3 is 19.7 Å². The maximum Gasteiger partial charge on any atom is 0.165 e. The molecule has 2 unspecified atom stereocenters. The van der Waals surface area contributed by atoms with Gasteiger partial charge in [-0.05, 0) is 88.4 Å². The Bertz CT molecular complexity index is 1280. The van der Waals surface area contributed by atoms with Crippen molar-refractivity contribution in [1.29, 1.82) is 0 Å². The van der Waals surface area contributed by atoms with Gasteiger partial charge >= 0.3 is 0 Å². The molecule has 2 spiro atoms. The van der Waals surface area contributed by atoms with Crippen LogP contribution in [0, 0.1) is 24.2 Å². The molecule has 9 rings (SSSR count). The summed E-state index contributed by atoms with van der Waals surface area (Å²) in [5.74, 6) is 1.68. The fourth-order valence-corrected chi connectivity index (χ4v) is 10.1. The first-order valence-electron chi connectivity index (χ1n) is 14.4. The van der Waals surface area contributed by atoms with E-state index in [0.717, 1.165) is 50.1 Å². The quantitative estimate of drug-likeness (QED) is 0.614. The molecule has 7 atom stereocenters. The zero-order chi connectivity index (χ0) is 25.4. The Kier molecular flexibility index (Phi) is 4.39. The Labute approximate surface area is 219 Å². The molecule has 7 aliphatic rings. The topological polar surface area (TPSA) is 62.2 Å². The van der Waals surface area contributed by atoms with Gasteiger partial charge in [0.15, 0.2) is 11.5 Å². The van der Waals surface area contributed by atoms with Crippen LogP contribution in [0.5, 0.6) is 11.5 Å². The fourth-order valence-electron chi connectivity index (χ4n) is 10.1. The van der Waals surface area contributed by atoms with Crippen LogP contribution in [0.1, 0.15) is 67.7 Å². The van der Waals surface area contributed by atoms with E-state index >= 15 is 0 Å². The summed E-state index contributed by atoms with van der Waals surface area (Å²) >= 11 is 0. The number of aryl methyl sites for hydroxylation is 1. The van der Waals surface area contributed by atoms with Gasteiger partial charge in [0.1, 0.15) is 11.7 Å². The van der Waals surface area contributed by atoms with E-state index in [2.05, 4.69) is 42.2 Å². The van der Waals surface area contributed by atoms with Gasteiger partial charge in [-0.2, -0.15) is 0 Å². The first-order chi connectivity index (χ1) is 17.8. The summed E-state index contributed by atoms with van der Waals surface area (Å²) in [7, 11) is 1.82. The molecule has 2 aromatic carbocycles. The van der Waals surface area contributed by atoms with E-state index in [9.17, 15) is 10.2 Å². The molecule has 2 aliphatic heterocycles. The second-order valence-electron chi connectivity index (χ2n) is 13.4. The summed E-state index contributed by atoms with van der Waals surface area (Å²) in [6, 6.07) is 12.8. The standard InChI is InChI=1S/C32H39NO4/c1-19-4-9-22(10-5-19)29(2,35)24-17-30-12-13-32(24,36-3)28-31(30)14-15-33(18-20-6-7-20)25(30)16-21-8-11-23(34)27(37-28)26(21)31/h4-5,8-11,20,24-25,28,34-35H,6-7,12-18H2,1-3H3/t24-,25?,28+,29-,30?,31+,32-/m1/s1. The van der Waals surface area contributed by atoms with Crippen molar-refractivity contribution in [1.82, 2.24) is 4.90 Å². The van der Waals surface area contributed by atoms with Gasteiger partial charge in [-0.3, -0.25) is 4.90 Å². The average molecular weight is 502 g/mol. The molecular weight excluding hydrogens is 462 g/mol. The minimum Gasteiger partial charge on any atom is -0.504 e. The van der Waals surface area contributed by atoms with Crippen molar-refractivity contribution in [2.45, 2.75) is 87.6 Å². The average Bonchev–Trinajstić information content (AvgIpc) is 3.64. The SMILES string of the molecule is CO[C@]12CCC3(C[C@@H]1[C@](C)(O)c1ccc(C)cc1)C1Cc4ccc(O)c5c4[C@@]3(CCN1CC1CC1)[C@@H]2O5. The number of methoxy groups -OCH3 is 1. The van der Waals surface area contributed by atoms with Crippen LogP contribution < -0.4 is 4.74 Å². The van der Waals surface area contributed by atoms with Crippen molar-refractivity contribution in [3.63, 3.8) is 0 Å². The molecule has 5 fully saturated rings. The Morgan fingerprint density at radius 2 is 1.89 bits per heavy atom. The summed E-state index contributed by atoms with van der Waals surface area (Å²) in [5, 5.41) is 23.5. The smallest absolute Gasteiger partial charge is 0.165 e. The summed E-state index contributed by atoms with van der Waals surface area (Å²) < 4.78 is 13.5. The Hall–Kier alpha value is -2.08. The van der Waals surface area contributed by atoms with Gasteiger partial charge in [-0.1, -0.05) is 35.9 Å². The second kappa shape index (κ2) is 7.11. The number of phenolic OH excluding ortho intramolecular Hbond substituents is 1. The zero-order valence-corrected chi connectivity index (χ0v) is 22.3. The number of aliphatic hydroxyl groups is 1. The number of fused-ring (bicyclic) bond motifs is 2. The lowest BCUT2D eigenvalue weighted by Gasteiger charge is -2.75. The van der Waals surface area contributed by atoms with Crippen molar-refractivity contribution < 1.29 is 19.7 Å². The minimum absolute atomic E-state index is 0.00349. The molecule has 2 aromatic rings. The number of hydrogen-bond donors (Lipinski definition) is 2. The molecule has 196 valence electrons. The van der Waals surface area contributed by atoms with Crippen LogP contribution in [-0.2, 0) is 22.2 Å². The molecule has 0 amide bonds. The van der Waals surface area contributed by atoms with Gasteiger partial charge in [-0.15, -0.1) is 0 Å². The highest BCUT2D eigenvalue weighted by atomic mass is 16.6. The Morgan fingerprint density at radius 3 is 2.62 bits per heavy atom. The van der Waals surface area contributed by atoms with Crippen molar-refractivity contribution in [3.8, 4) is 11.5 Å². The predicted molar refractivity (Wildman–Crippen MR) is 141 cm³/mol. The van der Waals surface area contributed by atoms with Gasteiger partial charge in [0.05, 0.1) is 5.60 Å². The van der Waals surface area contributed by atoms with Gasteiger partial charge in [-0.25, -0.2) is 0 Å². The molecule has 2 N–H and O–H groups in total. The molecule has 5 aliphatic carbocycles. The highest BCUT2D eigenvalue weighted by molar-refractivity contribution is 5.63. The van der Waals surface area contributed by atoms with E-state index in [4.69, 9.17) is 9.47 Å².